The Labute approximate surface area is 153 Å². The molecule has 0 saturated heterocycles. The summed E-state index contributed by atoms with van der Waals surface area (Å²) in [7, 11) is 0. The van der Waals surface area contributed by atoms with Gasteiger partial charge in [-0.05, 0) is 63.3 Å². The Balaban J connectivity index is 1.64. The number of hydrogen-bond donors (Lipinski definition) is 2. The molecule has 0 heterocycles. The number of benzene rings is 1. The lowest BCUT2D eigenvalue weighted by Gasteiger charge is -2.19. The van der Waals surface area contributed by atoms with Crippen LogP contribution < -0.4 is 10.6 Å². The topological polar surface area (TPSA) is 93.7 Å². The van der Waals surface area contributed by atoms with Crippen molar-refractivity contribution in [1.82, 2.24) is 5.32 Å². The van der Waals surface area contributed by atoms with Crippen LogP contribution in [0.3, 0.4) is 0 Å². The molecule has 7 heteroatoms. The minimum Gasteiger partial charge on any atom is -0.456 e. The van der Waals surface area contributed by atoms with Crippen LogP contribution in [0.2, 0.25) is 0 Å². The number of carbonyl (C=O) groups is 3. The number of amides is 2. The largest absolute Gasteiger partial charge is 0.456 e. The molecule has 26 heavy (non-hydrogen) atoms. The van der Waals surface area contributed by atoms with Crippen LogP contribution in [-0.4, -0.2) is 36.7 Å². The Morgan fingerprint density at radius 3 is 2.58 bits per heavy atom. The molecular formula is C19H26N2O5. The first-order valence-electron chi connectivity index (χ1n) is 8.77. The molecule has 0 fully saturated rings. The van der Waals surface area contributed by atoms with E-state index in [1.54, 1.807) is 20.8 Å². The summed E-state index contributed by atoms with van der Waals surface area (Å²) in [5.41, 5.74) is 2.69. The molecule has 0 saturated carbocycles. The zero-order chi connectivity index (χ0) is 19.2. The summed E-state index contributed by atoms with van der Waals surface area (Å²) in [4.78, 5) is 34.9. The first kappa shape index (κ1) is 19.8. The van der Waals surface area contributed by atoms with E-state index in [4.69, 9.17) is 9.47 Å². The molecule has 2 amide bonds. The predicted molar refractivity (Wildman–Crippen MR) is 96.9 cm³/mol. The number of nitrogens with one attached hydrogen (secondary N) is 2. The smallest absolute Gasteiger partial charge is 0.407 e. The van der Waals surface area contributed by atoms with E-state index in [2.05, 4.69) is 10.6 Å². The molecule has 0 aromatic heterocycles. The van der Waals surface area contributed by atoms with E-state index in [0.29, 0.717) is 5.69 Å². The van der Waals surface area contributed by atoms with Gasteiger partial charge in [-0.15, -0.1) is 0 Å². The first-order chi connectivity index (χ1) is 12.2. The highest BCUT2D eigenvalue weighted by molar-refractivity contribution is 5.93. The van der Waals surface area contributed by atoms with Crippen molar-refractivity contribution in [2.24, 2.45) is 0 Å². The van der Waals surface area contributed by atoms with E-state index in [1.807, 2.05) is 18.2 Å². The van der Waals surface area contributed by atoms with Gasteiger partial charge in [0.25, 0.3) is 5.91 Å². The average molecular weight is 362 g/mol. The maximum atomic E-state index is 11.9. The molecule has 2 rings (SSSR count). The maximum Gasteiger partial charge on any atom is 0.407 e. The van der Waals surface area contributed by atoms with Crippen LogP contribution in [0.1, 0.15) is 44.7 Å². The summed E-state index contributed by atoms with van der Waals surface area (Å²) in [6.07, 6.45) is 2.61. The lowest BCUT2D eigenvalue weighted by molar-refractivity contribution is -0.147. The summed E-state index contributed by atoms with van der Waals surface area (Å²) >= 11 is 0. The van der Waals surface area contributed by atoms with E-state index in [1.165, 1.54) is 11.1 Å². The minimum atomic E-state index is -0.598. The summed E-state index contributed by atoms with van der Waals surface area (Å²) < 4.78 is 9.96. The molecule has 142 valence electrons. The summed E-state index contributed by atoms with van der Waals surface area (Å²) in [6, 6.07) is 5.84. The molecule has 0 radical (unpaired) electrons. The third kappa shape index (κ3) is 6.74. The van der Waals surface area contributed by atoms with Crippen LogP contribution in [0.4, 0.5) is 10.5 Å². The Hall–Kier alpha value is -2.57. The van der Waals surface area contributed by atoms with Gasteiger partial charge in [0.2, 0.25) is 0 Å². The second-order valence-corrected chi connectivity index (χ2v) is 7.22. The molecular weight excluding hydrogens is 336 g/mol. The van der Waals surface area contributed by atoms with E-state index in [0.717, 1.165) is 19.3 Å². The fraction of sp³-hybridized carbons (Fsp3) is 0.526. The fourth-order valence-corrected chi connectivity index (χ4v) is 2.65. The second-order valence-electron chi connectivity index (χ2n) is 7.22. The van der Waals surface area contributed by atoms with Crippen molar-refractivity contribution in [3.63, 3.8) is 0 Å². The van der Waals surface area contributed by atoms with Crippen molar-refractivity contribution >= 4 is 23.7 Å². The van der Waals surface area contributed by atoms with Gasteiger partial charge in [-0.25, -0.2) is 4.79 Å². The van der Waals surface area contributed by atoms with E-state index in [9.17, 15) is 14.4 Å². The number of alkyl carbamates (subject to hydrolysis) is 1. The first-order valence-corrected chi connectivity index (χ1v) is 8.77. The highest BCUT2D eigenvalue weighted by atomic mass is 16.6. The minimum absolute atomic E-state index is 0.0363. The summed E-state index contributed by atoms with van der Waals surface area (Å²) in [5.74, 6) is -0.957. The van der Waals surface area contributed by atoms with Gasteiger partial charge in [0.1, 0.15) is 5.60 Å². The molecule has 1 aliphatic rings. The Bertz CT molecular complexity index is 679. The summed E-state index contributed by atoms with van der Waals surface area (Å²) in [6.45, 7) is 4.98. The van der Waals surface area contributed by atoms with Crippen LogP contribution in [-0.2, 0) is 31.9 Å². The van der Waals surface area contributed by atoms with Crippen molar-refractivity contribution < 1.29 is 23.9 Å². The van der Waals surface area contributed by atoms with Crippen LogP contribution in [0.5, 0.6) is 0 Å². The monoisotopic (exact) mass is 362 g/mol. The highest BCUT2D eigenvalue weighted by Crippen LogP contribution is 2.24. The number of anilines is 1. The Morgan fingerprint density at radius 1 is 1.12 bits per heavy atom. The van der Waals surface area contributed by atoms with E-state index >= 15 is 0 Å². The number of aryl methyl sites for hydroxylation is 2. The van der Waals surface area contributed by atoms with Crippen molar-refractivity contribution in [2.75, 3.05) is 18.5 Å². The molecule has 0 aliphatic heterocycles. The number of hydrogen-bond acceptors (Lipinski definition) is 5. The van der Waals surface area contributed by atoms with Gasteiger partial charge in [-0.3, -0.25) is 9.59 Å². The van der Waals surface area contributed by atoms with Gasteiger partial charge in [0, 0.05) is 12.2 Å². The highest BCUT2D eigenvalue weighted by Gasteiger charge is 2.16. The van der Waals surface area contributed by atoms with Gasteiger partial charge in [-0.1, -0.05) is 6.07 Å². The van der Waals surface area contributed by atoms with Gasteiger partial charge in [-0.2, -0.15) is 0 Å². The van der Waals surface area contributed by atoms with Crippen LogP contribution in [0.15, 0.2) is 18.2 Å². The summed E-state index contributed by atoms with van der Waals surface area (Å²) in [5, 5.41) is 5.18. The standard InChI is InChI=1S/C19H26N2O5/c1-19(2,3)26-18(24)20-10-9-17(23)25-12-16(22)21-15-8-7-13-5-4-6-14(13)11-15/h7-8,11H,4-6,9-10,12H2,1-3H3,(H,20,24)(H,21,22). The number of ether oxygens (including phenoxy) is 2. The third-order valence-corrected chi connectivity index (χ3v) is 3.74. The van der Waals surface area contributed by atoms with Gasteiger partial charge >= 0.3 is 12.1 Å². The zero-order valence-corrected chi connectivity index (χ0v) is 15.5. The molecule has 1 aromatic carbocycles. The van der Waals surface area contributed by atoms with Crippen molar-refractivity contribution in [3.8, 4) is 0 Å². The van der Waals surface area contributed by atoms with Gasteiger partial charge in [0.05, 0.1) is 6.42 Å². The normalized spacial score (nSPS) is 12.9. The SMILES string of the molecule is CC(C)(C)OC(=O)NCCC(=O)OCC(=O)Nc1ccc2c(c1)CCC2. The van der Waals surface area contributed by atoms with Crippen molar-refractivity contribution in [3.05, 3.63) is 29.3 Å². The number of carbonyl (C=O) groups excluding carboxylic acids is 3. The fourth-order valence-electron chi connectivity index (χ4n) is 2.65. The molecule has 0 unspecified atom stereocenters. The van der Waals surface area contributed by atoms with Crippen molar-refractivity contribution in [2.45, 2.75) is 52.1 Å². The predicted octanol–water partition coefficient (Wildman–Crippen LogP) is 2.57. The molecule has 1 aliphatic carbocycles. The molecule has 0 atom stereocenters. The number of fused-ring (bicyclic) bond motifs is 1. The molecule has 1 aromatic rings. The number of rotatable bonds is 6. The lowest BCUT2D eigenvalue weighted by Crippen LogP contribution is -2.34. The van der Waals surface area contributed by atoms with E-state index < -0.39 is 23.6 Å². The van der Waals surface area contributed by atoms with Crippen LogP contribution in [0, 0.1) is 0 Å². The zero-order valence-electron chi connectivity index (χ0n) is 15.5. The molecule has 0 bridgehead atoms. The van der Waals surface area contributed by atoms with Crippen LogP contribution in [0.25, 0.3) is 0 Å². The average Bonchev–Trinajstić information content (AvgIpc) is 2.99. The maximum absolute atomic E-state index is 11.9. The number of esters is 1. The third-order valence-electron chi connectivity index (χ3n) is 3.74. The quantitative estimate of drug-likeness (QED) is 0.759. The van der Waals surface area contributed by atoms with Gasteiger partial charge < -0.3 is 20.1 Å². The van der Waals surface area contributed by atoms with Gasteiger partial charge in [0.15, 0.2) is 6.61 Å². The van der Waals surface area contributed by atoms with E-state index in [-0.39, 0.29) is 19.6 Å². The molecule has 2 N–H and O–H groups in total. The second kappa shape index (κ2) is 8.69. The van der Waals surface area contributed by atoms with Crippen LogP contribution >= 0.6 is 0 Å². The van der Waals surface area contributed by atoms with Crippen molar-refractivity contribution in [1.29, 1.82) is 0 Å². The molecule has 7 nitrogen and oxygen atoms in total. The lowest BCUT2D eigenvalue weighted by atomic mass is 10.1. The Kier molecular flexibility index (Phi) is 6.60. The molecule has 0 spiro atoms. The Morgan fingerprint density at radius 2 is 1.85 bits per heavy atom.